The second-order valence-corrected chi connectivity index (χ2v) is 5.49. The summed E-state index contributed by atoms with van der Waals surface area (Å²) in [5.74, 6) is -3.40. The van der Waals surface area contributed by atoms with Crippen molar-refractivity contribution in [3.63, 3.8) is 0 Å². The Kier molecular flexibility index (Phi) is 11.2. The molecule has 0 aromatic heterocycles. The summed E-state index contributed by atoms with van der Waals surface area (Å²) in [6.45, 7) is 0.114. The Morgan fingerprint density at radius 2 is 2.00 bits per heavy atom. The van der Waals surface area contributed by atoms with E-state index in [4.69, 9.17) is 14.6 Å². The predicted octanol–water partition coefficient (Wildman–Crippen LogP) is -8.49. The second kappa shape index (κ2) is 11.7. The number of amides is 1. The van der Waals surface area contributed by atoms with Gasteiger partial charge in [-0.15, -0.1) is 0 Å². The Labute approximate surface area is 175 Å². The molecule has 1 rings (SSSR count). The van der Waals surface area contributed by atoms with Crippen LogP contribution in [-0.2, 0) is 23.9 Å². The number of nitrogens with one attached hydrogen (secondary N) is 1. The van der Waals surface area contributed by atoms with Crippen LogP contribution in [0.25, 0.3) is 0 Å². The molecule has 0 saturated heterocycles. The number of carboxylic acid groups (broad SMARTS) is 1. The summed E-state index contributed by atoms with van der Waals surface area (Å²) in [5.41, 5.74) is 0. The van der Waals surface area contributed by atoms with Gasteiger partial charge in [-0.05, 0) is 6.08 Å². The molecule has 0 spiro atoms. The van der Waals surface area contributed by atoms with E-state index < -0.39 is 67.1 Å². The number of aliphatic carboxylic acids is 1. The third kappa shape index (κ3) is 7.10. The Morgan fingerprint density at radius 1 is 1.41 bits per heavy atom. The Hall–Kier alpha value is -1.09. The van der Waals surface area contributed by atoms with Crippen molar-refractivity contribution in [2.75, 3.05) is 6.61 Å². The van der Waals surface area contributed by atoms with Crippen LogP contribution in [0.5, 0.6) is 0 Å². The van der Waals surface area contributed by atoms with Crippen LogP contribution in [0.1, 0.15) is 6.92 Å². The molecule has 1 aliphatic rings. The van der Waals surface area contributed by atoms with Crippen molar-refractivity contribution in [2.45, 2.75) is 49.8 Å². The van der Waals surface area contributed by atoms with Gasteiger partial charge in [0.1, 0.15) is 54.6 Å². The van der Waals surface area contributed by atoms with Crippen molar-refractivity contribution in [1.29, 1.82) is 0 Å². The van der Waals surface area contributed by atoms with Crippen LogP contribution in [0.2, 0.25) is 0 Å². The Bertz CT molecular complexity index is 557. The van der Waals surface area contributed by atoms with Crippen LogP contribution in [0.3, 0.4) is 0 Å². The van der Waals surface area contributed by atoms with Gasteiger partial charge >= 0.3 is 29.6 Å². The number of carbonyl (C=O) groups is 3. The van der Waals surface area contributed by atoms with Gasteiger partial charge in [0.25, 0.3) is 0 Å². The fourth-order valence-electron chi connectivity index (χ4n) is 2.16. The molecule has 0 bridgehead atoms. The fourth-order valence-corrected chi connectivity index (χ4v) is 2.16. The molecule has 1 aliphatic heterocycles. The minimum atomic E-state index is -1.95. The van der Waals surface area contributed by atoms with Crippen LogP contribution in [0.15, 0.2) is 11.8 Å². The first-order valence-corrected chi connectivity index (χ1v) is 7.43. The standard InChI is InChI=1S/C14H21NO11.Na/c1-5(18)15-6(3-16)12(10(21)8(20)4-17)26-14-11(22)7(19)2-9(25-14)13(23)24;/h2-3,6-8,10-12,14,17,19-22H,4H2,1H3,(H,15,18)(H,23,24);/q;+1/p-1/t6-,7-,8+,10-,11+,12+,14-;/m0./s1. The minimum absolute atomic E-state index is 0. The van der Waals surface area contributed by atoms with E-state index in [0.717, 1.165) is 6.92 Å². The van der Waals surface area contributed by atoms with Crippen molar-refractivity contribution >= 4 is 18.2 Å². The Morgan fingerprint density at radius 3 is 2.44 bits per heavy atom. The maximum atomic E-state index is 11.2. The van der Waals surface area contributed by atoms with Crippen LogP contribution < -0.4 is 40.0 Å². The number of aliphatic hydroxyl groups excluding tert-OH is 5. The normalized spacial score (nSPS) is 26.3. The van der Waals surface area contributed by atoms with Gasteiger partial charge in [-0.1, -0.05) is 0 Å². The zero-order valence-corrected chi connectivity index (χ0v) is 16.6. The molecule has 6 N–H and O–H groups in total. The third-order valence-electron chi connectivity index (χ3n) is 3.47. The number of hydrogen-bond donors (Lipinski definition) is 6. The molecule has 0 radical (unpaired) electrons. The summed E-state index contributed by atoms with van der Waals surface area (Å²) in [6, 6.07) is -1.56. The number of carboxylic acids is 1. The average Bonchev–Trinajstić information content (AvgIpc) is 2.59. The van der Waals surface area contributed by atoms with Gasteiger partial charge in [0.15, 0.2) is 0 Å². The van der Waals surface area contributed by atoms with E-state index in [1.54, 1.807) is 0 Å². The van der Waals surface area contributed by atoms with E-state index in [9.17, 15) is 39.9 Å². The quantitative estimate of drug-likeness (QED) is 0.158. The van der Waals surface area contributed by atoms with Gasteiger partial charge in [0, 0.05) is 6.92 Å². The molecule has 1 heterocycles. The van der Waals surface area contributed by atoms with Gasteiger partial charge in [0.05, 0.1) is 6.61 Å². The van der Waals surface area contributed by atoms with Crippen LogP contribution in [0, 0.1) is 0 Å². The van der Waals surface area contributed by atoms with Crippen LogP contribution in [0.4, 0.5) is 0 Å². The summed E-state index contributed by atoms with van der Waals surface area (Å²) in [4.78, 5) is 33.3. The smallest absolute Gasteiger partial charge is 0.542 e. The fraction of sp³-hybridized carbons (Fsp3) is 0.643. The van der Waals surface area contributed by atoms with Crippen molar-refractivity contribution < 1.29 is 84.1 Å². The summed E-state index contributed by atoms with van der Waals surface area (Å²) in [5, 5.41) is 61.1. The maximum absolute atomic E-state index is 11.2. The molecular weight excluding hydrogens is 381 g/mol. The van der Waals surface area contributed by atoms with Crippen molar-refractivity contribution in [3.05, 3.63) is 11.8 Å². The molecule has 13 heteroatoms. The SMILES string of the molecule is CC(=O)N[C@@H](C=O)[C@@H](O[C@@H]1OC(C(=O)[O-])=C[C@H](O)[C@H]1O)[C@@H](O)[C@H](O)CO.[Na+]. The van der Waals surface area contributed by atoms with E-state index in [0.29, 0.717) is 6.08 Å². The number of aldehydes is 1. The predicted molar refractivity (Wildman–Crippen MR) is 77.6 cm³/mol. The van der Waals surface area contributed by atoms with Crippen molar-refractivity contribution in [1.82, 2.24) is 5.32 Å². The molecule has 12 nitrogen and oxygen atoms in total. The number of hydrogen-bond acceptors (Lipinski definition) is 11. The van der Waals surface area contributed by atoms with Gasteiger partial charge < -0.3 is 55.0 Å². The number of carbonyl (C=O) groups excluding carboxylic acids is 3. The molecular formula is C14H20NNaO11. The van der Waals surface area contributed by atoms with Crippen molar-refractivity contribution in [2.24, 2.45) is 0 Å². The Balaban J connectivity index is 0.00000676. The summed E-state index contributed by atoms with van der Waals surface area (Å²) in [6.07, 6.45) is -10.2. The van der Waals surface area contributed by atoms with Gasteiger partial charge in [-0.2, -0.15) is 0 Å². The zero-order valence-electron chi connectivity index (χ0n) is 14.6. The zero-order chi connectivity index (χ0) is 20.0. The van der Waals surface area contributed by atoms with E-state index >= 15 is 0 Å². The molecule has 0 aromatic rings. The first kappa shape index (κ1) is 25.9. The van der Waals surface area contributed by atoms with Crippen LogP contribution in [-0.4, -0.2) is 93.2 Å². The van der Waals surface area contributed by atoms with E-state index in [-0.39, 0.29) is 35.8 Å². The third-order valence-corrected chi connectivity index (χ3v) is 3.47. The summed E-state index contributed by atoms with van der Waals surface area (Å²) in [7, 11) is 0. The van der Waals surface area contributed by atoms with E-state index in [2.05, 4.69) is 5.32 Å². The summed E-state index contributed by atoms with van der Waals surface area (Å²) < 4.78 is 9.97. The topological polar surface area (TPSA) is 206 Å². The molecule has 0 fully saturated rings. The summed E-state index contributed by atoms with van der Waals surface area (Å²) >= 11 is 0. The number of rotatable bonds is 9. The van der Waals surface area contributed by atoms with Gasteiger partial charge in [-0.25, -0.2) is 0 Å². The molecule has 7 atom stereocenters. The molecule has 27 heavy (non-hydrogen) atoms. The largest absolute Gasteiger partial charge is 1.00 e. The molecule has 0 saturated carbocycles. The monoisotopic (exact) mass is 401 g/mol. The van der Waals surface area contributed by atoms with Crippen molar-refractivity contribution in [3.8, 4) is 0 Å². The van der Waals surface area contributed by atoms with Gasteiger partial charge in [0.2, 0.25) is 12.2 Å². The number of aliphatic hydroxyl groups is 5. The average molecular weight is 401 g/mol. The molecule has 1 amide bonds. The molecule has 0 unspecified atom stereocenters. The molecule has 148 valence electrons. The van der Waals surface area contributed by atoms with E-state index in [1.165, 1.54) is 0 Å². The molecule has 0 aromatic carbocycles. The van der Waals surface area contributed by atoms with Gasteiger partial charge in [-0.3, -0.25) is 4.79 Å². The van der Waals surface area contributed by atoms with E-state index in [1.807, 2.05) is 0 Å². The number of ether oxygens (including phenoxy) is 2. The minimum Gasteiger partial charge on any atom is -0.542 e. The first-order chi connectivity index (χ1) is 12.1. The van der Waals surface area contributed by atoms with Crippen LogP contribution >= 0.6 is 0 Å². The molecule has 0 aliphatic carbocycles. The first-order valence-electron chi connectivity index (χ1n) is 7.43. The maximum Gasteiger partial charge on any atom is 1.00 e. The second-order valence-electron chi connectivity index (χ2n) is 5.49.